The molecule has 0 amide bonds. The Bertz CT molecular complexity index is 439. The fourth-order valence-electron chi connectivity index (χ4n) is 2.39. The van der Waals surface area contributed by atoms with Gasteiger partial charge in [0.25, 0.3) is 0 Å². The number of hydrogen-bond acceptors (Lipinski definition) is 1. The molecule has 0 aliphatic rings. The van der Waals surface area contributed by atoms with Crippen molar-refractivity contribution in [2.75, 3.05) is 0 Å². The highest BCUT2D eigenvalue weighted by Crippen LogP contribution is 2.25. The fraction of sp³-hybridized carbons (Fsp3) is 0.444. The fourth-order valence-corrected chi connectivity index (χ4v) is 3.12. The maximum absolute atomic E-state index is 2.29. The molecule has 0 spiro atoms. The summed E-state index contributed by atoms with van der Waals surface area (Å²) >= 11 is 1.81. The number of aryl methyl sites for hydroxylation is 1. The van der Waals surface area contributed by atoms with Crippen LogP contribution in [0.2, 0.25) is 0 Å². The van der Waals surface area contributed by atoms with Gasteiger partial charge in [-0.15, -0.1) is 11.3 Å². The minimum Gasteiger partial charge on any atom is -0.144 e. The molecule has 0 radical (unpaired) electrons. The van der Waals surface area contributed by atoms with Crippen LogP contribution in [-0.2, 0) is 6.42 Å². The molecule has 0 aliphatic carbocycles. The van der Waals surface area contributed by atoms with Crippen molar-refractivity contribution in [3.63, 3.8) is 0 Å². The number of thiophene rings is 1. The van der Waals surface area contributed by atoms with E-state index in [2.05, 4.69) is 48.7 Å². The van der Waals surface area contributed by atoms with E-state index < -0.39 is 0 Å². The van der Waals surface area contributed by atoms with Gasteiger partial charge in [0, 0.05) is 4.88 Å². The third-order valence-corrected chi connectivity index (χ3v) is 4.50. The molecule has 1 heterocycles. The average Bonchev–Trinajstić information content (AvgIpc) is 2.97. The lowest BCUT2D eigenvalue weighted by Crippen LogP contribution is -1.86. The van der Waals surface area contributed by atoms with Crippen molar-refractivity contribution in [3.8, 4) is 10.4 Å². The van der Waals surface area contributed by atoms with E-state index in [-0.39, 0.29) is 0 Å². The number of hydrogen-bond donors (Lipinski definition) is 0. The van der Waals surface area contributed by atoms with Crippen LogP contribution in [0.15, 0.2) is 41.8 Å². The van der Waals surface area contributed by atoms with Crippen LogP contribution >= 0.6 is 11.3 Å². The molecule has 0 unspecified atom stereocenters. The van der Waals surface area contributed by atoms with Gasteiger partial charge in [-0.2, -0.15) is 0 Å². The first-order valence-electron chi connectivity index (χ1n) is 7.53. The largest absolute Gasteiger partial charge is 0.144 e. The Morgan fingerprint density at radius 1 is 0.842 bits per heavy atom. The predicted octanol–water partition coefficient (Wildman–Crippen LogP) is 6.32. The molecule has 2 rings (SSSR count). The van der Waals surface area contributed by atoms with Crippen LogP contribution in [0, 0.1) is 0 Å². The molecule has 1 aromatic heterocycles. The molecule has 0 N–H and O–H groups in total. The van der Waals surface area contributed by atoms with Gasteiger partial charge in [0.1, 0.15) is 0 Å². The van der Waals surface area contributed by atoms with Crippen molar-refractivity contribution in [1.82, 2.24) is 0 Å². The van der Waals surface area contributed by atoms with Crippen molar-refractivity contribution >= 4 is 11.3 Å². The SMILES string of the molecule is CCCCCCCCc1ccc(-c2cccs2)cc1. The van der Waals surface area contributed by atoms with Gasteiger partial charge in [0.2, 0.25) is 0 Å². The molecule has 102 valence electrons. The van der Waals surface area contributed by atoms with Gasteiger partial charge in [-0.05, 0) is 35.4 Å². The van der Waals surface area contributed by atoms with E-state index in [1.165, 1.54) is 60.9 Å². The lowest BCUT2D eigenvalue weighted by molar-refractivity contribution is 0.607. The summed E-state index contributed by atoms with van der Waals surface area (Å²) in [6.07, 6.45) is 9.50. The van der Waals surface area contributed by atoms with Crippen molar-refractivity contribution in [1.29, 1.82) is 0 Å². The molecule has 0 fully saturated rings. The average molecular weight is 272 g/mol. The quantitative estimate of drug-likeness (QED) is 0.493. The summed E-state index contributed by atoms with van der Waals surface area (Å²) < 4.78 is 0. The summed E-state index contributed by atoms with van der Waals surface area (Å²) in [7, 11) is 0. The summed E-state index contributed by atoms with van der Waals surface area (Å²) in [6, 6.07) is 13.4. The highest BCUT2D eigenvalue weighted by molar-refractivity contribution is 7.13. The molecule has 0 aliphatic heterocycles. The Kier molecular flexibility index (Phi) is 6.16. The third-order valence-electron chi connectivity index (χ3n) is 3.58. The summed E-state index contributed by atoms with van der Waals surface area (Å²) in [6.45, 7) is 2.27. The molecule has 1 heteroatoms. The minimum atomic E-state index is 1.23. The summed E-state index contributed by atoms with van der Waals surface area (Å²) in [4.78, 5) is 1.37. The lowest BCUT2D eigenvalue weighted by Gasteiger charge is -2.03. The lowest BCUT2D eigenvalue weighted by atomic mass is 10.0. The van der Waals surface area contributed by atoms with Crippen LogP contribution in [-0.4, -0.2) is 0 Å². The second kappa shape index (κ2) is 8.16. The van der Waals surface area contributed by atoms with E-state index >= 15 is 0 Å². The molecule has 2 aromatic rings. The number of rotatable bonds is 8. The van der Waals surface area contributed by atoms with Gasteiger partial charge in [0.05, 0.1) is 0 Å². The van der Waals surface area contributed by atoms with Crippen LogP contribution in [0.5, 0.6) is 0 Å². The summed E-state index contributed by atoms with van der Waals surface area (Å²) in [5.74, 6) is 0. The zero-order chi connectivity index (χ0) is 13.3. The summed E-state index contributed by atoms with van der Waals surface area (Å²) in [5, 5.41) is 2.14. The van der Waals surface area contributed by atoms with Crippen molar-refractivity contribution < 1.29 is 0 Å². The molecule has 0 saturated carbocycles. The molecule has 0 atom stereocenters. The van der Waals surface area contributed by atoms with Gasteiger partial charge < -0.3 is 0 Å². The Balaban J connectivity index is 1.73. The number of unbranched alkanes of at least 4 members (excludes halogenated alkanes) is 5. The normalized spacial score (nSPS) is 10.8. The zero-order valence-electron chi connectivity index (χ0n) is 11.9. The molecule has 19 heavy (non-hydrogen) atoms. The van der Waals surface area contributed by atoms with Crippen molar-refractivity contribution in [2.24, 2.45) is 0 Å². The van der Waals surface area contributed by atoms with Gasteiger partial charge in [-0.1, -0.05) is 69.4 Å². The van der Waals surface area contributed by atoms with Crippen LogP contribution in [0.3, 0.4) is 0 Å². The molecule has 0 saturated heterocycles. The molecule has 1 aromatic carbocycles. The van der Waals surface area contributed by atoms with E-state index in [0.29, 0.717) is 0 Å². The van der Waals surface area contributed by atoms with E-state index in [9.17, 15) is 0 Å². The predicted molar refractivity (Wildman–Crippen MR) is 86.8 cm³/mol. The number of benzene rings is 1. The first kappa shape index (κ1) is 14.3. The first-order valence-corrected chi connectivity index (χ1v) is 8.41. The molecular weight excluding hydrogens is 248 g/mol. The van der Waals surface area contributed by atoms with Gasteiger partial charge >= 0.3 is 0 Å². The highest BCUT2D eigenvalue weighted by atomic mass is 32.1. The maximum atomic E-state index is 2.29. The van der Waals surface area contributed by atoms with Crippen molar-refractivity contribution in [2.45, 2.75) is 51.9 Å². The molecular formula is C18H24S. The second-order valence-corrected chi connectivity index (χ2v) is 6.14. The van der Waals surface area contributed by atoms with Crippen molar-refractivity contribution in [3.05, 3.63) is 47.3 Å². The van der Waals surface area contributed by atoms with Gasteiger partial charge in [-0.25, -0.2) is 0 Å². The monoisotopic (exact) mass is 272 g/mol. The Labute approximate surface area is 121 Å². The van der Waals surface area contributed by atoms with E-state index in [1.807, 2.05) is 11.3 Å². The molecule has 0 bridgehead atoms. The maximum Gasteiger partial charge on any atom is 0.0342 e. The van der Waals surface area contributed by atoms with E-state index in [1.54, 1.807) is 0 Å². The topological polar surface area (TPSA) is 0 Å². The van der Waals surface area contributed by atoms with Crippen LogP contribution < -0.4 is 0 Å². The Morgan fingerprint density at radius 2 is 1.58 bits per heavy atom. The standard InChI is InChI=1S/C18H24S/c1-2-3-4-5-6-7-9-16-11-13-17(14-12-16)18-10-8-15-19-18/h8,10-15H,2-7,9H2,1H3. The summed E-state index contributed by atoms with van der Waals surface area (Å²) in [5.41, 5.74) is 2.83. The Morgan fingerprint density at radius 3 is 2.26 bits per heavy atom. The molecule has 0 nitrogen and oxygen atoms in total. The van der Waals surface area contributed by atoms with Gasteiger partial charge in [0.15, 0.2) is 0 Å². The Hall–Kier alpha value is -1.08. The van der Waals surface area contributed by atoms with Gasteiger partial charge in [-0.3, -0.25) is 0 Å². The van der Waals surface area contributed by atoms with Crippen LogP contribution in [0.4, 0.5) is 0 Å². The highest BCUT2D eigenvalue weighted by Gasteiger charge is 1.99. The second-order valence-electron chi connectivity index (χ2n) is 5.19. The van der Waals surface area contributed by atoms with E-state index in [0.717, 1.165) is 0 Å². The third kappa shape index (κ3) is 4.83. The van der Waals surface area contributed by atoms with Crippen LogP contribution in [0.25, 0.3) is 10.4 Å². The zero-order valence-corrected chi connectivity index (χ0v) is 12.7. The first-order chi connectivity index (χ1) is 9.40. The van der Waals surface area contributed by atoms with E-state index in [4.69, 9.17) is 0 Å². The smallest absolute Gasteiger partial charge is 0.0342 e. The minimum absolute atomic E-state index is 1.23. The van der Waals surface area contributed by atoms with Crippen LogP contribution in [0.1, 0.15) is 51.0 Å².